The lowest BCUT2D eigenvalue weighted by Gasteiger charge is -2.19. The van der Waals surface area contributed by atoms with E-state index in [1.807, 2.05) is 46.6 Å². The highest BCUT2D eigenvalue weighted by molar-refractivity contribution is 7.14. The fraction of sp³-hybridized carbons (Fsp3) is 0.278. The fourth-order valence-corrected chi connectivity index (χ4v) is 3.26. The molecule has 0 aliphatic heterocycles. The standard InChI is InChI=1S/C18H20N4OS/c1-13(2)10-16(22-8-3-4-9-22)17(23)21-18-20-15(12-24-18)14-6-5-7-19-11-14/h3-9,11-13,16H,10H2,1-2H3,(H,20,21,23). The Kier molecular flexibility index (Phi) is 5.05. The van der Waals surface area contributed by atoms with Crippen molar-refractivity contribution < 1.29 is 4.79 Å². The normalized spacial score (nSPS) is 12.3. The fourth-order valence-electron chi connectivity index (χ4n) is 2.53. The predicted octanol–water partition coefficient (Wildman–Crippen LogP) is 4.23. The van der Waals surface area contributed by atoms with Crippen LogP contribution in [-0.2, 0) is 4.79 Å². The molecular weight excluding hydrogens is 320 g/mol. The molecule has 0 aliphatic carbocycles. The van der Waals surface area contributed by atoms with Crippen LogP contribution in [0.1, 0.15) is 26.3 Å². The molecule has 3 aromatic rings. The van der Waals surface area contributed by atoms with E-state index in [1.165, 1.54) is 11.3 Å². The van der Waals surface area contributed by atoms with E-state index in [0.717, 1.165) is 17.7 Å². The van der Waals surface area contributed by atoms with Gasteiger partial charge in [0.05, 0.1) is 5.69 Å². The quantitative estimate of drug-likeness (QED) is 0.730. The van der Waals surface area contributed by atoms with Gasteiger partial charge in [0.15, 0.2) is 5.13 Å². The molecule has 5 nitrogen and oxygen atoms in total. The zero-order valence-electron chi connectivity index (χ0n) is 13.7. The van der Waals surface area contributed by atoms with Crippen molar-refractivity contribution >= 4 is 22.4 Å². The number of amides is 1. The van der Waals surface area contributed by atoms with Gasteiger partial charge in [-0.15, -0.1) is 11.3 Å². The van der Waals surface area contributed by atoms with Crippen LogP contribution in [0.25, 0.3) is 11.3 Å². The zero-order chi connectivity index (χ0) is 16.9. The Balaban J connectivity index is 1.74. The van der Waals surface area contributed by atoms with Crippen LogP contribution >= 0.6 is 11.3 Å². The summed E-state index contributed by atoms with van der Waals surface area (Å²) in [5.41, 5.74) is 1.77. The lowest BCUT2D eigenvalue weighted by Crippen LogP contribution is -2.26. The van der Waals surface area contributed by atoms with Gasteiger partial charge in [-0.05, 0) is 36.6 Å². The molecule has 0 aromatic carbocycles. The number of carbonyl (C=O) groups is 1. The van der Waals surface area contributed by atoms with Gasteiger partial charge >= 0.3 is 0 Å². The maximum absolute atomic E-state index is 12.7. The Morgan fingerprint density at radius 3 is 2.75 bits per heavy atom. The summed E-state index contributed by atoms with van der Waals surface area (Å²) < 4.78 is 1.95. The van der Waals surface area contributed by atoms with Crippen LogP contribution in [0.5, 0.6) is 0 Å². The number of nitrogens with one attached hydrogen (secondary N) is 1. The highest BCUT2D eigenvalue weighted by Crippen LogP contribution is 2.26. The first-order valence-corrected chi connectivity index (χ1v) is 8.80. The third-order valence-corrected chi connectivity index (χ3v) is 4.43. The van der Waals surface area contributed by atoms with Crippen LogP contribution in [0.3, 0.4) is 0 Å². The second kappa shape index (κ2) is 7.40. The van der Waals surface area contributed by atoms with Gasteiger partial charge in [0.2, 0.25) is 5.91 Å². The Morgan fingerprint density at radius 2 is 2.08 bits per heavy atom. The van der Waals surface area contributed by atoms with Crippen molar-refractivity contribution in [3.05, 3.63) is 54.4 Å². The van der Waals surface area contributed by atoms with Gasteiger partial charge in [-0.1, -0.05) is 13.8 Å². The lowest BCUT2D eigenvalue weighted by molar-refractivity contribution is -0.119. The molecule has 124 valence electrons. The summed E-state index contributed by atoms with van der Waals surface area (Å²) in [6.45, 7) is 4.24. The molecule has 3 heterocycles. The summed E-state index contributed by atoms with van der Waals surface area (Å²) in [5.74, 6) is 0.386. The number of rotatable bonds is 6. The number of aromatic nitrogens is 3. The number of pyridine rings is 1. The van der Waals surface area contributed by atoms with E-state index in [2.05, 4.69) is 29.1 Å². The van der Waals surface area contributed by atoms with E-state index in [9.17, 15) is 4.79 Å². The van der Waals surface area contributed by atoms with E-state index in [0.29, 0.717) is 11.0 Å². The third kappa shape index (κ3) is 3.89. The molecule has 1 unspecified atom stereocenters. The first kappa shape index (κ1) is 16.4. The van der Waals surface area contributed by atoms with Gasteiger partial charge in [-0.3, -0.25) is 9.78 Å². The largest absolute Gasteiger partial charge is 0.342 e. The van der Waals surface area contributed by atoms with Crippen molar-refractivity contribution in [3.8, 4) is 11.3 Å². The molecule has 0 bridgehead atoms. The third-order valence-electron chi connectivity index (χ3n) is 3.68. The van der Waals surface area contributed by atoms with E-state index < -0.39 is 0 Å². The lowest BCUT2D eigenvalue weighted by atomic mass is 10.0. The van der Waals surface area contributed by atoms with Gasteiger partial charge in [0, 0.05) is 35.7 Å². The van der Waals surface area contributed by atoms with E-state index in [1.54, 1.807) is 12.4 Å². The molecule has 0 spiro atoms. The van der Waals surface area contributed by atoms with Crippen LogP contribution in [0.4, 0.5) is 5.13 Å². The average molecular weight is 340 g/mol. The Labute approximate surface area is 145 Å². The number of nitrogens with zero attached hydrogens (tertiary/aromatic N) is 3. The molecule has 1 N–H and O–H groups in total. The van der Waals surface area contributed by atoms with Crippen molar-refractivity contribution in [1.82, 2.24) is 14.5 Å². The molecule has 0 fully saturated rings. The van der Waals surface area contributed by atoms with Gasteiger partial charge in [-0.2, -0.15) is 0 Å². The first-order chi connectivity index (χ1) is 11.6. The van der Waals surface area contributed by atoms with Crippen LogP contribution < -0.4 is 5.32 Å². The van der Waals surface area contributed by atoms with Gasteiger partial charge in [0.25, 0.3) is 0 Å². The van der Waals surface area contributed by atoms with Crippen molar-refractivity contribution in [3.63, 3.8) is 0 Å². The summed E-state index contributed by atoms with van der Waals surface area (Å²) in [5, 5.41) is 5.49. The zero-order valence-corrected chi connectivity index (χ0v) is 14.5. The first-order valence-electron chi connectivity index (χ1n) is 7.92. The summed E-state index contributed by atoms with van der Waals surface area (Å²) in [4.78, 5) is 21.3. The van der Waals surface area contributed by atoms with Crippen LogP contribution in [-0.4, -0.2) is 20.4 Å². The molecule has 3 rings (SSSR count). The molecule has 0 saturated heterocycles. The van der Waals surface area contributed by atoms with Gasteiger partial charge in [0.1, 0.15) is 6.04 Å². The monoisotopic (exact) mass is 340 g/mol. The minimum Gasteiger partial charge on any atom is -0.342 e. The van der Waals surface area contributed by atoms with E-state index in [4.69, 9.17) is 0 Å². The topological polar surface area (TPSA) is 59.8 Å². The van der Waals surface area contributed by atoms with Crippen molar-refractivity contribution in [1.29, 1.82) is 0 Å². The summed E-state index contributed by atoms with van der Waals surface area (Å²) >= 11 is 1.43. The number of thiazole rings is 1. The van der Waals surface area contributed by atoms with Crippen molar-refractivity contribution in [2.45, 2.75) is 26.3 Å². The molecule has 3 aromatic heterocycles. The molecule has 6 heteroatoms. The minimum absolute atomic E-state index is 0.0352. The summed E-state index contributed by atoms with van der Waals surface area (Å²) in [6, 6.07) is 7.47. The molecular formula is C18H20N4OS. The Morgan fingerprint density at radius 1 is 1.29 bits per heavy atom. The molecule has 1 atom stereocenters. The SMILES string of the molecule is CC(C)CC(C(=O)Nc1nc(-c2cccnc2)cs1)n1cccc1. The van der Waals surface area contributed by atoms with Crippen molar-refractivity contribution in [2.24, 2.45) is 5.92 Å². The smallest absolute Gasteiger partial charge is 0.249 e. The van der Waals surface area contributed by atoms with E-state index in [-0.39, 0.29) is 11.9 Å². The number of carbonyl (C=O) groups excluding carboxylic acids is 1. The molecule has 0 aliphatic rings. The second-order valence-electron chi connectivity index (χ2n) is 6.04. The Hall–Kier alpha value is -2.47. The summed E-state index contributed by atoms with van der Waals surface area (Å²) in [7, 11) is 0. The molecule has 24 heavy (non-hydrogen) atoms. The second-order valence-corrected chi connectivity index (χ2v) is 6.90. The van der Waals surface area contributed by atoms with Crippen LogP contribution in [0.2, 0.25) is 0 Å². The van der Waals surface area contributed by atoms with E-state index >= 15 is 0 Å². The molecule has 0 radical (unpaired) electrons. The van der Waals surface area contributed by atoms with Crippen LogP contribution in [0, 0.1) is 5.92 Å². The van der Waals surface area contributed by atoms with Gasteiger partial charge < -0.3 is 9.88 Å². The minimum atomic E-state index is -0.231. The molecule has 0 saturated carbocycles. The highest BCUT2D eigenvalue weighted by Gasteiger charge is 2.22. The summed E-state index contributed by atoms with van der Waals surface area (Å²) in [6.07, 6.45) is 8.13. The average Bonchev–Trinajstić information content (AvgIpc) is 3.25. The highest BCUT2D eigenvalue weighted by atomic mass is 32.1. The molecule has 1 amide bonds. The number of anilines is 1. The van der Waals surface area contributed by atoms with Crippen LogP contribution in [0.15, 0.2) is 54.4 Å². The van der Waals surface area contributed by atoms with Crippen molar-refractivity contribution in [2.75, 3.05) is 5.32 Å². The number of hydrogen-bond acceptors (Lipinski definition) is 4. The number of hydrogen-bond donors (Lipinski definition) is 1. The maximum atomic E-state index is 12.7. The predicted molar refractivity (Wildman–Crippen MR) is 96.9 cm³/mol. The maximum Gasteiger partial charge on any atom is 0.249 e. The van der Waals surface area contributed by atoms with Gasteiger partial charge in [-0.25, -0.2) is 4.98 Å². The Bertz CT molecular complexity index is 780.